The first-order valence-corrected chi connectivity index (χ1v) is 20.7. The first-order chi connectivity index (χ1) is 26.2. The lowest BCUT2D eigenvalue weighted by Crippen LogP contribution is -2.61. The van der Waals surface area contributed by atoms with E-state index in [1.807, 2.05) is 44.8 Å². The molecule has 0 bridgehead atoms. The third kappa shape index (κ3) is 11.6. The number of aliphatic hydroxyl groups excluding tert-OH is 3. The number of carbonyl (C=O) groups is 2. The number of carbonyl (C=O) groups excluding carboxylic acids is 2. The summed E-state index contributed by atoms with van der Waals surface area (Å²) in [4.78, 5) is 31.1. The molecule has 3 heterocycles. The van der Waals surface area contributed by atoms with Crippen molar-refractivity contribution in [2.45, 2.75) is 198 Å². The summed E-state index contributed by atoms with van der Waals surface area (Å²) in [6, 6.07) is -0.968. The third-order valence-corrected chi connectivity index (χ3v) is 12.8. The van der Waals surface area contributed by atoms with E-state index in [1.54, 1.807) is 48.5 Å². The van der Waals surface area contributed by atoms with Crippen molar-refractivity contribution in [2.24, 2.45) is 17.8 Å². The fourth-order valence-corrected chi connectivity index (χ4v) is 9.08. The van der Waals surface area contributed by atoms with Gasteiger partial charge >= 0.3 is 11.9 Å². The summed E-state index contributed by atoms with van der Waals surface area (Å²) in [7, 11) is 6.99. The Bertz CT molecular complexity index is 1300. The predicted octanol–water partition coefficient (Wildman–Crippen LogP) is 1.83. The molecule has 3 saturated heterocycles. The van der Waals surface area contributed by atoms with Crippen LogP contribution in [0.3, 0.4) is 0 Å². The van der Waals surface area contributed by atoms with Crippen molar-refractivity contribution in [3.8, 4) is 0 Å². The Morgan fingerprint density at radius 2 is 1.60 bits per heavy atom. The minimum atomic E-state index is -1.84. The molecule has 0 aromatic heterocycles. The number of likely N-dealkylation sites (N-methyl/N-ethyl adjacent to an activating group) is 2. The minimum absolute atomic E-state index is 0.0901. The van der Waals surface area contributed by atoms with Gasteiger partial charge in [-0.2, -0.15) is 0 Å². The van der Waals surface area contributed by atoms with Gasteiger partial charge in [-0.3, -0.25) is 4.79 Å². The summed E-state index contributed by atoms with van der Waals surface area (Å²) in [5.74, 6) is -3.71. The van der Waals surface area contributed by atoms with E-state index >= 15 is 0 Å². The van der Waals surface area contributed by atoms with E-state index in [0.717, 1.165) is 0 Å². The predicted molar refractivity (Wildman–Crippen MR) is 210 cm³/mol. The molecule has 3 aliphatic heterocycles. The first kappa shape index (κ1) is 49.8. The molecular formula is C41H76N2O14. The zero-order chi connectivity index (χ0) is 43.5. The van der Waals surface area contributed by atoms with E-state index in [1.165, 1.54) is 21.0 Å². The van der Waals surface area contributed by atoms with Crippen molar-refractivity contribution in [2.75, 3.05) is 34.8 Å². The number of esters is 2. The second-order valence-electron chi connectivity index (χ2n) is 18.3. The molecule has 0 aliphatic carbocycles. The summed E-state index contributed by atoms with van der Waals surface area (Å²) in [5, 5.41) is 57.2. The van der Waals surface area contributed by atoms with Gasteiger partial charge in [0.15, 0.2) is 18.7 Å². The highest BCUT2D eigenvalue weighted by Crippen LogP contribution is 2.40. The Hall–Kier alpha value is -1.54. The number of rotatable bonds is 9. The SMILES string of the molecule is CC[C@H]1OC(=O)[C@H](C)[C@@H](O[C@H]2C[C@@](C)(OC)[C@@H](O)[C@H](C)O2)[C@H](C)[C@@H](O[C@@H]2O[C@H](C)C[C@H](N(C)C)[C@H]2OC(=O)[C@H](C)O)[C@](C)(O)C[C@@H](C)CN(C)[C@H](C)[C@@H](O)[C@]1(C)O. The largest absolute Gasteiger partial charge is 0.459 e. The van der Waals surface area contributed by atoms with Crippen molar-refractivity contribution in [1.82, 2.24) is 9.80 Å². The van der Waals surface area contributed by atoms with Crippen LogP contribution in [0.2, 0.25) is 0 Å². The van der Waals surface area contributed by atoms with Crippen LogP contribution in [-0.2, 0) is 42.7 Å². The molecule has 0 amide bonds. The van der Waals surface area contributed by atoms with Crippen molar-refractivity contribution < 1.29 is 68.3 Å². The van der Waals surface area contributed by atoms with Crippen LogP contribution < -0.4 is 0 Å². The lowest BCUT2D eigenvalue weighted by Gasteiger charge is -2.49. The van der Waals surface area contributed by atoms with Gasteiger partial charge in [-0.25, -0.2) is 4.79 Å². The lowest BCUT2D eigenvalue weighted by atomic mass is 9.77. The van der Waals surface area contributed by atoms with Gasteiger partial charge in [0.2, 0.25) is 0 Å². The molecule has 334 valence electrons. The van der Waals surface area contributed by atoms with E-state index in [-0.39, 0.29) is 37.3 Å². The second-order valence-corrected chi connectivity index (χ2v) is 18.3. The van der Waals surface area contributed by atoms with Crippen molar-refractivity contribution in [3.63, 3.8) is 0 Å². The Kier molecular flexibility index (Phi) is 17.4. The number of cyclic esters (lactones) is 1. The van der Waals surface area contributed by atoms with Crippen molar-refractivity contribution >= 4 is 11.9 Å². The summed E-state index contributed by atoms with van der Waals surface area (Å²) >= 11 is 0. The topological polar surface area (TPSA) is 206 Å². The molecule has 57 heavy (non-hydrogen) atoms. The summed E-state index contributed by atoms with van der Waals surface area (Å²) in [5.41, 5.74) is -4.56. The van der Waals surface area contributed by atoms with Crippen molar-refractivity contribution in [1.29, 1.82) is 0 Å². The van der Waals surface area contributed by atoms with Crippen LogP contribution >= 0.6 is 0 Å². The fraction of sp³-hybridized carbons (Fsp3) is 0.951. The zero-order valence-corrected chi connectivity index (χ0v) is 37.1. The normalized spacial score (nSPS) is 46.8. The van der Waals surface area contributed by atoms with E-state index in [9.17, 15) is 35.1 Å². The standard InChI is InChI=1S/C41H76N2O14/c1-16-29-41(11,50)33(45)25(6)43(14)20-21(2)18-39(9,49)35(57-38-32(56-37(48)26(7)44)28(42(12)13)17-22(3)52-38)23(4)31(24(5)36(47)54-29)55-30-19-40(10,51-15)34(46)27(8)53-30/h21-35,38,44-46,49-50H,16-20H2,1-15H3/t21-,22-,23+,24-,25-,26+,27+,28+,29-,30+,31+,32-,33-,34+,35-,38+,39-,40-,41-/m1/s1. The molecule has 3 fully saturated rings. The molecule has 5 N–H and O–H groups in total. The Morgan fingerprint density at radius 1 is 0.982 bits per heavy atom. The molecule has 3 aliphatic rings. The molecule has 16 nitrogen and oxygen atoms in total. The van der Waals surface area contributed by atoms with Gasteiger partial charge in [-0.1, -0.05) is 20.8 Å². The number of methoxy groups -OCH3 is 1. The molecule has 3 rings (SSSR count). The number of ether oxygens (including phenoxy) is 7. The molecule has 0 aromatic carbocycles. The van der Waals surface area contributed by atoms with Gasteiger partial charge in [0.05, 0.1) is 47.6 Å². The van der Waals surface area contributed by atoms with Crippen LogP contribution in [0.15, 0.2) is 0 Å². The molecule has 19 atom stereocenters. The molecule has 16 heteroatoms. The van der Waals surface area contributed by atoms with Gasteiger partial charge in [-0.05, 0) is 102 Å². The maximum absolute atomic E-state index is 14.3. The average Bonchev–Trinajstić information content (AvgIpc) is 3.12. The van der Waals surface area contributed by atoms with E-state index in [0.29, 0.717) is 13.0 Å². The highest BCUT2D eigenvalue weighted by atomic mass is 16.7. The van der Waals surface area contributed by atoms with Gasteiger partial charge in [0, 0.05) is 32.0 Å². The van der Waals surface area contributed by atoms with Crippen LogP contribution in [0.25, 0.3) is 0 Å². The van der Waals surface area contributed by atoms with Gasteiger partial charge in [0.1, 0.15) is 30.0 Å². The van der Waals surface area contributed by atoms with Crippen LogP contribution in [-0.4, -0.2) is 178 Å². The maximum atomic E-state index is 14.3. The summed E-state index contributed by atoms with van der Waals surface area (Å²) in [6.07, 6.45) is -10.5. The molecule has 0 saturated carbocycles. The van der Waals surface area contributed by atoms with Crippen LogP contribution in [0.5, 0.6) is 0 Å². The minimum Gasteiger partial charge on any atom is -0.459 e. The third-order valence-electron chi connectivity index (χ3n) is 12.8. The van der Waals surface area contributed by atoms with Crippen LogP contribution in [0.4, 0.5) is 0 Å². The van der Waals surface area contributed by atoms with Crippen LogP contribution in [0.1, 0.15) is 102 Å². The average molecular weight is 821 g/mol. The molecular weight excluding hydrogens is 744 g/mol. The molecule has 0 radical (unpaired) electrons. The van der Waals surface area contributed by atoms with Crippen LogP contribution in [0, 0.1) is 17.8 Å². The Morgan fingerprint density at radius 3 is 2.14 bits per heavy atom. The summed E-state index contributed by atoms with van der Waals surface area (Å²) < 4.78 is 43.9. The van der Waals surface area contributed by atoms with E-state index < -0.39 is 108 Å². The number of nitrogens with zero attached hydrogens (tertiary/aromatic N) is 2. The van der Waals surface area contributed by atoms with Crippen molar-refractivity contribution in [3.05, 3.63) is 0 Å². The smallest absolute Gasteiger partial charge is 0.335 e. The second kappa shape index (κ2) is 19.9. The number of aliphatic hydroxyl groups is 5. The number of hydrogen-bond acceptors (Lipinski definition) is 16. The molecule has 0 unspecified atom stereocenters. The Labute approximate surface area is 340 Å². The van der Waals surface area contributed by atoms with Gasteiger partial charge in [0.25, 0.3) is 0 Å². The van der Waals surface area contributed by atoms with Gasteiger partial charge < -0.3 is 68.5 Å². The van der Waals surface area contributed by atoms with Gasteiger partial charge in [-0.15, -0.1) is 0 Å². The molecule has 0 aromatic rings. The quantitative estimate of drug-likeness (QED) is 0.211. The lowest BCUT2D eigenvalue weighted by molar-refractivity contribution is -0.319. The summed E-state index contributed by atoms with van der Waals surface area (Å²) in [6.45, 7) is 19.0. The Balaban J connectivity index is 2.24. The maximum Gasteiger partial charge on any atom is 0.335 e. The van der Waals surface area contributed by atoms with E-state index in [2.05, 4.69) is 0 Å². The number of hydrogen-bond donors (Lipinski definition) is 5. The fourth-order valence-electron chi connectivity index (χ4n) is 9.08. The highest BCUT2D eigenvalue weighted by molar-refractivity contribution is 5.74. The van der Waals surface area contributed by atoms with E-state index in [4.69, 9.17) is 33.2 Å². The highest BCUT2D eigenvalue weighted by Gasteiger charge is 2.53. The monoisotopic (exact) mass is 821 g/mol. The zero-order valence-electron chi connectivity index (χ0n) is 37.1. The molecule has 0 spiro atoms. The first-order valence-electron chi connectivity index (χ1n) is 20.7.